The first-order valence-corrected chi connectivity index (χ1v) is 5.93. The summed E-state index contributed by atoms with van der Waals surface area (Å²) in [4.78, 5) is 23.4. The number of carboxylic acid groups (broad SMARTS) is 1. The number of carbonyl (C=O) groups is 1. The van der Waals surface area contributed by atoms with Crippen molar-refractivity contribution in [3.63, 3.8) is 0 Å². The van der Waals surface area contributed by atoms with Gasteiger partial charge >= 0.3 is 5.97 Å². The number of pyridine rings is 1. The van der Waals surface area contributed by atoms with Gasteiger partial charge in [-0.3, -0.25) is 4.79 Å². The number of aromatic carboxylic acids is 1. The third-order valence-corrected chi connectivity index (χ3v) is 3.09. The number of benzene rings is 1. The second-order valence-corrected chi connectivity index (χ2v) is 4.26. The monoisotopic (exact) mass is 245 g/mol. The largest absolute Gasteiger partial charge is 0.477 e. The highest BCUT2D eigenvalue weighted by atomic mass is 16.4. The lowest BCUT2D eigenvalue weighted by atomic mass is 10.1. The van der Waals surface area contributed by atoms with Gasteiger partial charge < -0.3 is 9.67 Å². The summed E-state index contributed by atoms with van der Waals surface area (Å²) in [6.07, 6.45) is 0.882. The SMILES string of the molecule is CCCn1c(C)c(C(=O)O)c(=O)c2ccccc21. The summed E-state index contributed by atoms with van der Waals surface area (Å²) in [5.74, 6) is -1.16. The summed E-state index contributed by atoms with van der Waals surface area (Å²) in [5.41, 5.74) is 0.796. The molecule has 0 saturated carbocycles. The molecular formula is C14H15NO3. The van der Waals surface area contributed by atoms with Crippen LogP contribution in [0.1, 0.15) is 29.4 Å². The Hall–Kier alpha value is -2.10. The first kappa shape index (κ1) is 12.4. The Morgan fingerprint density at radius 1 is 1.33 bits per heavy atom. The van der Waals surface area contributed by atoms with E-state index in [9.17, 15) is 14.7 Å². The first-order valence-electron chi connectivity index (χ1n) is 5.93. The zero-order valence-electron chi connectivity index (χ0n) is 10.4. The van der Waals surface area contributed by atoms with Gasteiger partial charge in [0.05, 0.1) is 5.52 Å². The molecule has 0 spiro atoms. The molecule has 2 aromatic rings. The van der Waals surface area contributed by atoms with Gasteiger partial charge in [-0.15, -0.1) is 0 Å². The van der Waals surface area contributed by atoms with Crippen LogP contribution in [0.25, 0.3) is 10.9 Å². The fraction of sp³-hybridized carbons (Fsp3) is 0.286. The number of carboxylic acids is 1. The summed E-state index contributed by atoms with van der Waals surface area (Å²) in [5, 5.41) is 9.65. The normalized spacial score (nSPS) is 10.8. The molecule has 2 rings (SSSR count). The molecule has 4 nitrogen and oxygen atoms in total. The van der Waals surface area contributed by atoms with E-state index >= 15 is 0 Å². The van der Waals surface area contributed by atoms with Crippen molar-refractivity contribution >= 4 is 16.9 Å². The summed E-state index contributed by atoms with van der Waals surface area (Å²) in [7, 11) is 0. The Balaban J connectivity index is 2.96. The number of rotatable bonds is 3. The van der Waals surface area contributed by atoms with Crippen molar-refractivity contribution in [1.82, 2.24) is 4.57 Å². The molecule has 0 aliphatic rings. The van der Waals surface area contributed by atoms with Gasteiger partial charge in [-0.25, -0.2) is 4.79 Å². The number of aromatic nitrogens is 1. The lowest BCUT2D eigenvalue weighted by Gasteiger charge is -2.15. The van der Waals surface area contributed by atoms with Crippen molar-refractivity contribution in [2.45, 2.75) is 26.8 Å². The maximum absolute atomic E-state index is 12.2. The minimum atomic E-state index is -1.16. The molecule has 0 aliphatic carbocycles. The van der Waals surface area contributed by atoms with Crippen LogP contribution in [0.5, 0.6) is 0 Å². The van der Waals surface area contributed by atoms with E-state index in [-0.39, 0.29) is 5.56 Å². The van der Waals surface area contributed by atoms with Gasteiger partial charge in [-0.05, 0) is 25.5 Å². The first-order chi connectivity index (χ1) is 8.57. The molecule has 94 valence electrons. The molecular weight excluding hydrogens is 230 g/mol. The Labute approximate surface area is 104 Å². The average molecular weight is 245 g/mol. The van der Waals surface area contributed by atoms with Gasteiger partial charge in [-0.1, -0.05) is 19.1 Å². The summed E-state index contributed by atoms with van der Waals surface area (Å²) in [6.45, 7) is 4.41. The van der Waals surface area contributed by atoms with Crippen LogP contribution >= 0.6 is 0 Å². The number of para-hydroxylation sites is 1. The van der Waals surface area contributed by atoms with E-state index in [4.69, 9.17) is 0 Å². The predicted octanol–water partition coefficient (Wildman–Crippen LogP) is 2.42. The Morgan fingerprint density at radius 3 is 2.61 bits per heavy atom. The van der Waals surface area contributed by atoms with Crippen molar-refractivity contribution in [3.05, 3.63) is 45.7 Å². The molecule has 1 aromatic carbocycles. The molecule has 18 heavy (non-hydrogen) atoms. The lowest BCUT2D eigenvalue weighted by molar-refractivity contribution is 0.0694. The van der Waals surface area contributed by atoms with E-state index in [0.717, 1.165) is 11.9 Å². The van der Waals surface area contributed by atoms with Crippen LogP contribution in [0.2, 0.25) is 0 Å². The summed E-state index contributed by atoms with van der Waals surface area (Å²) in [6, 6.07) is 7.13. The Kier molecular flexibility index (Phi) is 3.19. The van der Waals surface area contributed by atoms with Crippen molar-refractivity contribution in [3.8, 4) is 0 Å². The van der Waals surface area contributed by atoms with E-state index in [1.165, 1.54) is 0 Å². The molecule has 0 amide bonds. The third-order valence-electron chi connectivity index (χ3n) is 3.09. The molecule has 0 saturated heterocycles. The van der Waals surface area contributed by atoms with E-state index in [1.807, 2.05) is 23.6 Å². The number of fused-ring (bicyclic) bond motifs is 1. The zero-order chi connectivity index (χ0) is 13.3. The zero-order valence-corrected chi connectivity index (χ0v) is 10.4. The lowest BCUT2D eigenvalue weighted by Crippen LogP contribution is -2.22. The van der Waals surface area contributed by atoms with Gasteiger partial charge in [0.2, 0.25) is 5.43 Å². The topological polar surface area (TPSA) is 59.3 Å². The molecule has 0 unspecified atom stereocenters. The molecule has 1 N–H and O–H groups in total. The van der Waals surface area contributed by atoms with Gasteiger partial charge in [-0.2, -0.15) is 0 Å². The fourth-order valence-corrected chi connectivity index (χ4v) is 2.28. The highest BCUT2D eigenvalue weighted by molar-refractivity contribution is 5.94. The van der Waals surface area contributed by atoms with Crippen LogP contribution < -0.4 is 5.43 Å². The molecule has 0 radical (unpaired) electrons. The molecule has 4 heteroatoms. The molecule has 0 bridgehead atoms. The van der Waals surface area contributed by atoms with E-state index < -0.39 is 11.4 Å². The Morgan fingerprint density at radius 2 is 2.00 bits per heavy atom. The number of aryl methyl sites for hydroxylation is 1. The van der Waals surface area contributed by atoms with Crippen LogP contribution in [0.15, 0.2) is 29.1 Å². The van der Waals surface area contributed by atoms with Gasteiger partial charge in [0.25, 0.3) is 0 Å². The van der Waals surface area contributed by atoms with E-state index in [2.05, 4.69) is 0 Å². The third kappa shape index (κ3) is 1.79. The predicted molar refractivity (Wildman–Crippen MR) is 70.2 cm³/mol. The van der Waals surface area contributed by atoms with Crippen LogP contribution in [0.4, 0.5) is 0 Å². The highest BCUT2D eigenvalue weighted by Gasteiger charge is 2.18. The summed E-state index contributed by atoms with van der Waals surface area (Å²) >= 11 is 0. The minimum absolute atomic E-state index is 0.123. The fourth-order valence-electron chi connectivity index (χ4n) is 2.28. The smallest absolute Gasteiger partial charge is 0.341 e. The van der Waals surface area contributed by atoms with Crippen LogP contribution in [0, 0.1) is 6.92 Å². The maximum Gasteiger partial charge on any atom is 0.341 e. The second kappa shape index (κ2) is 4.64. The molecule has 0 fully saturated rings. The number of hydrogen-bond acceptors (Lipinski definition) is 2. The highest BCUT2D eigenvalue weighted by Crippen LogP contribution is 2.16. The second-order valence-electron chi connectivity index (χ2n) is 4.26. The van der Waals surface area contributed by atoms with Crippen molar-refractivity contribution < 1.29 is 9.90 Å². The maximum atomic E-state index is 12.2. The quantitative estimate of drug-likeness (QED) is 0.903. The average Bonchev–Trinajstić information content (AvgIpc) is 2.34. The van der Waals surface area contributed by atoms with Crippen LogP contribution in [-0.2, 0) is 6.54 Å². The van der Waals surface area contributed by atoms with Crippen molar-refractivity contribution in [2.24, 2.45) is 0 Å². The molecule has 1 aromatic heterocycles. The minimum Gasteiger partial charge on any atom is -0.477 e. The van der Waals surface area contributed by atoms with Gasteiger partial charge in [0.1, 0.15) is 5.56 Å². The van der Waals surface area contributed by atoms with Gasteiger partial charge in [0, 0.05) is 17.6 Å². The van der Waals surface area contributed by atoms with E-state index in [1.54, 1.807) is 19.1 Å². The van der Waals surface area contributed by atoms with E-state index in [0.29, 0.717) is 17.6 Å². The standard InChI is InChI=1S/C14H15NO3/c1-3-8-15-9(2)12(14(17)18)13(16)10-6-4-5-7-11(10)15/h4-7H,3,8H2,1-2H3,(H,17,18). The molecule has 1 heterocycles. The summed E-state index contributed by atoms with van der Waals surface area (Å²) < 4.78 is 1.90. The van der Waals surface area contributed by atoms with Crippen molar-refractivity contribution in [1.29, 1.82) is 0 Å². The van der Waals surface area contributed by atoms with Gasteiger partial charge in [0.15, 0.2) is 0 Å². The molecule has 0 atom stereocenters. The van der Waals surface area contributed by atoms with Crippen LogP contribution in [-0.4, -0.2) is 15.6 Å². The van der Waals surface area contributed by atoms with Crippen molar-refractivity contribution in [2.75, 3.05) is 0 Å². The number of hydrogen-bond donors (Lipinski definition) is 1. The number of nitrogens with zero attached hydrogens (tertiary/aromatic N) is 1. The van der Waals surface area contributed by atoms with Crippen LogP contribution in [0.3, 0.4) is 0 Å². The molecule has 0 aliphatic heterocycles. The Bertz CT molecular complexity index is 671.